The van der Waals surface area contributed by atoms with Gasteiger partial charge in [0, 0.05) is 19.5 Å². The van der Waals surface area contributed by atoms with Gasteiger partial charge in [-0.15, -0.1) is 0 Å². The van der Waals surface area contributed by atoms with E-state index in [-0.39, 0.29) is 18.7 Å². The molecule has 1 amide bonds. The Hall–Kier alpha value is -1.06. The first-order chi connectivity index (χ1) is 8.53. The Morgan fingerprint density at radius 1 is 1.11 bits per heavy atom. The first-order valence-corrected chi connectivity index (χ1v) is 7.02. The third-order valence-corrected chi connectivity index (χ3v) is 4.45. The lowest BCUT2D eigenvalue weighted by molar-refractivity contribution is -0.140. The van der Waals surface area contributed by atoms with Crippen LogP contribution in [-0.4, -0.2) is 35.0 Å². The van der Waals surface area contributed by atoms with E-state index in [1.54, 1.807) is 0 Å². The molecule has 0 aromatic heterocycles. The minimum atomic E-state index is -0.894. The molecule has 18 heavy (non-hydrogen) atoms. The number of nitrogens with zero attached hydrogens (tertiary/aromatic N) is 1. The Bertz CT molecular complexity index is 297. The number of carbonyl (C=O) groups is 2. The first kappa shape index (κ1) is 15.0. The molecule has 0 bridgehead atoms. The van der Waals surface area contributed by atoms with Crippen LogP contribution in [0.2, 0.25) is 0 Å². The van der Waals surface area contributed by atoms with Crippen LogP contribution in [0.1, 0.15) is 58.8 Å². The van der Waals surface area contributed by atoms with Gasteiger partial charge >= 0.3 is 5.97 Å². The lowest BCUT2D eigenvalue weighted by atomic mass is 9.76. The van der Waals surface area contributed by atoms with E-state index in [4.69, 9.17) is 5.11 Å². The highest BCUT2D eigenvalue weighted by Gasteiger charge is 2.30. The Morgan fingerprint density at radius 3 is 2.33 bits per heavy atom. The van der Waals surface area contributed by atoms with Crippen LogP contribution < -0.4 is 0 Å². The summed E-state index contributed by atoms with van der Waals surface area (Å²) in [6.45, 7) is 6.04. The second-order valence-electron chi connectivity index (χ2n) is 5.34. The number of likely N-dealkylation sites (tertiary alicyclic amines) is 1. The average Bonchev–Trinajstić information content (AvgIpc) is 2.59. The number of carbonyl (C=O) groups excluding carboxylic acids is 1. The van der Waals surface area contributed by atoms with Crippen LogP contribution in [0.15, 0.2) is 0 Å². The van der Waals surface area contributed by atoms with E-state index >= 15 is 0 Å². The van der Waals surface area contributed by atoms with Gasteiger partial charge in [0.15, 0.2) is 0 Å². The van der Waals surface area contributed by atoms with Crippen LogP contribution in [0.3, 0.4) is 0 Å². The van der Waals surface area contributed by atoms with Crippen LogP contribution in [0.5, 0.6) is 0 Å². The van der Waals surface area contributed by atoms with E-state index in [9.17, 15) is 9.59 Å². The van der Waals surface area contributed by atoms with Gasteiger partial charge in [-0.1, -0.05) is 26.7 Å². The zero-order chi connectivity index (χ0) is 13.6. The second kappa shape index (κ2) is 6.76. The molecule has 1 aliphatic rings. The molecule has 1 rings (SSSR count). The molecular formula is C14H25NO3. The van der Waals surface area contributed by atoms with Crippen molar-refractivity contribution in [1.82, 2.24) is 4.90 Å². The molecular weight excluding hydrogens is 230 g/mol. The molecule has 0 saturated carbocycles. The smallest absolute Gasteiger partial charge is 0.303 e. The maximum absolute atomic E-state index is 11.9. The summed E-state index contributed by atoms with van der Waals surface area (Å²) in [5.74, 6) is -0.893. The van der Waals surface area contributed by atoms with Crippen LogP contribution in [0.4, 0.5) is 0 Å². The Labute approximate surface area is 109 Å². The summed E-state index contributed by atoms with van der Waals surface area (Å²) in [6.07, 6.45) is 5.70. The molecule has 0 spiro atoms. The van der Waals surface area contributed by atoms with Crippen molar-refractivity contribution in [2.45, 2.75) is 58.8 Å². The van der Waals surface area contributed by atoms with Gasteiger partial charge in [0.25, 0.3) is 0 Å². The van der Waals surface area contributed by atoms with E-state index in [2.05, 4.69) is 13.8 Å². The highest BCUT2D eigenvalue weighted by Crippen LogP contribution is 2.37. The number of carboxylic acid groups (broad SMARTS) is 1. The fourth-order valence-corrected chi connectivity index (χ4v) is 2.83. The molecule has 1 aliphatic heterocycles. The van der Waals surface area contributed by atoms with E-state index < -0.39 is 5.97 Å². The minimum absolute atomic E-state index is 0.000376. The predicted octanol–water partition coefficient (Wildman–Crippen LogP) is 2.67. The average molecular weight is 255 g/mol. The van der Waals surface area contributed by atoms with Crippen molar-refractivity contribution in [2.24, 2.45) is 5.41 Å². The topological polar surface area (TPSA) is 57.6 Å². The summed E-state index contributed by atoms with van der Waals surface area (Å²) in [4.78, 5) is 24.2. The van der Waals surface area contributed by atoms with E-state index in [0.717, 1.165) is 25.9 Å². The van der Waals surface area contributed by atoms with E-state index in [1.807, 2.05) is 4.90 Å². The zero-order valence-corrected chi connectivity index (χ0v) is 11.6. The van der Waals surface area contributed by atoms with Crippen LogP contribution in [0, 0.1) is 5.41 Å². The number of aliphatic carboxylic acids is 1. The van der Waals surface area contributed by atoms with Gasteiger partial charge in [-0.3, -0.25) is 9.59 Å². The Morgan fingerprint density at radius 2 is 1.78 bits per heavy atom. The first-order valence-electron chi connectivity index (χ1n) is 7.02. The summed E-state index contributed by atoms with van der Waals surface area (Å²) in [7, 11) is 0. The lowest BCUT2D eigenvalue weighted by Gasteiger charge is -2.30. The third-order valence-electron chi connectivity index (χ3n) is 4.45. The Balaban J connectivity index is 2.51. The summed E-state index contributed by atoms with van der Waals surface area (Å²) in [5.41, 5.74) is 0.391. The summed E-state index contributed by atoms with van der Waals surface area (Å²) in [6, 6.07) is 0. The van der Waals surface area contributed by atoms with Crippen molar-refractivity contribution in [1.29, 1.82) is 0 Å². The molecule has 1 N–H and O–H groups in total. The van der Waals surface area contributed by atoms with Gasteiger partial charge in [-0.25, -0.2) is 0 Å². The molecule has 104 valence electrons. The number of carboxylic acids is 1. The van der Waals surface area contributed by atoms with Crippen LogP contribution in [0.25, 0.3) is 0 Å². The quantitative estimate of drug-likeness (QED) is 0.821. The fourth-order valence-electron chi connectivity index (χ4n) is 2.83. The van der Waals surface area contributed by atoms with Crippen molar-refractivity contribution < 1.29 is 14.7 Å². The monoisotopic (exact) mass is 255 g/mol. The van der Waals surface area contributed by atoms with Gasteiger partial charge < -0.3 is 10.0 Å². The van der Waals surface area contributed by atoms with Crippen molar-refractivity contribution in [3.63, 3.8) is 0 Å². The molecule has 4 heteroatoms. The molecule has 0 unspecified atom stereocenters. The van der Waals surface area contributed by atoms with Crippen LogP contribution >= 0.6 is 0 Å². The predicted molar refractivity (Wildman–Crippen MR) is 70.3 cm³/mol. The molecule has 1 saturated heterocycles. The minimum Gasteiger partial charge on any atom is -0.481 e. The van der Waals surface area contributed by atoms with Crippen molar-refractivity contribution in [3.05, 3.63) is 0 Å². The summed E-state index contributed by atoms with van der Waals surface area (Å²) in [5, 5.41) is 8.60. The Kier molecular flexibility index (Phi) is 5.63. The molecule has 0 aromatic rings. The highest BCUT2D eigenvalue weighted by atomic mass is 16.4. The number of hydrogen-bond donors (Lipinski definition) is 1. The molecule has 0 aromatic carbocycles. The summed E-state index contributed by atoms with van der Waals surface area (Å²) < 4.78 is 0. The van der Waals surface area contributed by atoms with E-state index in [1.165, 1.54) is 19.3 Å². The second-order valence-corrected chi connectivity index (χ2v) is 5.34. The zero-order valence-electron chi connectivity index (χ0n) is 11.6. The molecule has 0 radical (unpaired) electrons. The molecule has 1 fully saturated rings. The van der Waals surface area contributed by atoms with Gasteiger partial charge in [-0.05, 0) is 24.7 Å². The third kappa shape index (κ3) is 4.00. The maximum atomic E-state index is 11.9. The standard InChI is InChI=1S/C14H25NO3/c1-3-14(4-2)8-5-10-15(11-9-14)12(16)6-7-13(17)18/h3-11H2,1-2H3,(H,17,18). The largest absolute Gasteiger partial charge is 0.481 e. The normalized spacial score (nSPS) is 19.3. The molecule has 0 aliphatic carbocycles. The van der Waals surface area contributed by atoms with E-state index in [0.29, 0.717) is 5.41 Å². The number of rotatable bonds is 5. The SMILES string of the molecule is CCC1(CC)CCCN(C(=O)CCC(=O)O)CC1. The van der Waals surface area contributed by atoms with Crippen LogP contribution in [-0.2, 0) is 9.59 Å². The van der Waals surface area contributed by atoms with Gasteiger partial charge in [0.1, 0.15) is 0 Å². The van der Waals surface area contributed by atoms with Gasteiger partial charge in [0.05, 0.1) is 6.42 Å². The number of hydrogen-bond acceptors (Lipinski definition) is 2. The molecule has 0 atom stereocenters. The van der Waals surface area contributed by atoms with Gasteiger partial charge in [-0.2, -0.15) is 0 Å². The lowest BCUT2D eigenvalue weighted by Crippen LogP contribution is -2.32. The van der Waals surface area contributed by atoms with Gasteiger partial charge in [0.2, 0.25) is 5.91 Å². The van der Waals surface area contributed by atoms with Crippen molar-refractivity contribution in [3.8, 4) is 0 Å². The van der Waals surface area contributed by atoms with Crippen molar-refractivity contribution in [2.75, 3.05) is 13.1 Å². The summed E-state index contributed by atoms with van der Waals surface area (Å²) >= 11 is 0. The molecule has 4 nitrogen and oxygen atoms in total. The van der Waals surface area contributed by atoms with Crippen molar-refractivity contribution >= 4 is 11.9 Å². The maximum Gasteiger partial charge on any atom is 0.303 e. The number of amides is 1. The fraction of sp³-hybridized carbons (Fsp3) is 0.857. The molecule has 1 heterocycles. The highest BCUT2D eigenvalue weighted by molar-refractivity contribution is 5.80.